The molecule has 0 unspecified atom stereocenters. The number of terminal acetylenes is 1. The van der Waals surface area contributed by atoms with Crippen molar-refractivity contribution < 1.29 is 0 Å². The van der Waals surface area contributed by atoms with E-state index in [-0.39, 0.29) is 0 Å². The number of nitrogens with one attached hydrogen (secondary N) is 1. The highest BCUT2D eigenvalue weighted by molar-refractivity contribution is 7.99. The molecule has 80 valence electrons. The molecule has 0 spiro atoms. The predicted octanol–water partition coefficient (Wildman–Crippen LogP) is 0.913. The van der Waals surface area contributed by atoms with Crippen molar-refractivity contribution in [2.24, 2.45) is 16.6 Å². The third-order valence-corrected chi connectivity index (χ3v) is 2.23. The first-order valence-electron chi connectivity index (χ1n) is 4.71. The summed E-state index contributed by atoms with van der Waals surface area (Å²) in [4.78, 5) is 4.18. The fourth-order valence-electron chi connectivity index (χ4n) is 0.719. The van der Waals surface area contributed by atoms with E-state index in [0.29, 0.717) is 11.9 Å². The summed E-state index contributed by atoms with van der Waals surface area (Å²) in [7, 11) is 0. The average molecular weight is 213 g/mol. The molecule has 0 radical (unpaired) electrons. The van der Waals surface area contributed by atoms with E-state index in [2.05, 4.69) is 30.1 Å². The molecule has 0 fully saturated rings. The molecule has 0 aromatic heterocycles. The first-order chi connectivity index (χ1) is 6.66. The predicted molar refractivity (Wildman–Crippen MR) is 65.5 cm³/mol. The molecule has 3 N–H and O–H groups in total. The Morgan fingerprint density at radius 2 is 2.36 bits per heavy atom. The maximum atomic E-state index is 5.63. The third kappa shape index (κ3) is 9.27. The molecule has 3 nitrogen and oxygen atoms in total. The number of hydrogen-bond donors (Lipinski definition) is 2. The molecule has 0 heterocycles. The summed E-state index contributed by atoms with van der Waals surface area (Å²) in [5.74, 6) is 5.36. The summed E-state index contributed by atoms with van der Waals surface area (Å²) in [6.45, 7) is 5.81. The van der Waals surface area contributed by atoms with Crippen molar-refractivity contribution >= 4 is 17.7 Å². The van der Waals surface area contributed by atoms with E-state index in [1.807, 2.05) is 0 Å². The second-order valence-corrected chi connectivity index (χ2v) is 4.41. The van der Waals surface area contributed by atoms with Gasteiger partial charge in [0.1, 0.15) is 0 Å². The topological polar surface area (TPSA) is 50.4 Å². The third-order valence-electron chi connectivity index (χ3n) is 1.36. The number of nitrogens with two attached hydrogens (primary N) is 1. The van der Waals surface area contributed by atoms with Gasteiger partial charge in [0.2, 0.25) is 0 Å². The zero-order chi connectivity index (χ0) is 10.8. The standard InChI is InChI=1S/C10H19N3S/c1-4-6-14-7-5-12-10(11)13-8-9(2)3/h1,9H,5-8H2,2-3H3,(H3,11,12,13). The van der Waals surface area contributed by atoms with E-state index in [0.717, 1.165) is 24.6 Å². The molecule has 0 amide bonds. The van der Waals surface area contributed by atoms with Gasteiger partial charge >= 0.3 is 0 Å². The van der Waals surface area contributed by atoms with Crippen LogP contribution in [0, 0.1) is 18.3 Å². The molecule has 0 aliphatic heterocycles. The van der Waals surface area contributed by atoms with Gasteiger partial charge in [0, 0.05) is 18.8 Å². The van der Waals surface area contributed by atoms with Crippen molar-refractivity contribution in [2.45, 2.75) is 13.8 Å². The zero-order valence-corrected chi connectivity index (χ0v) is 9.73. The fourth-order valence-corrected chi connectivity index (χ4v) is 1.23. The molecule has 0 saturated carbocycles. The Hall–Kier alpha value is -0.820. The van der Waals surface area contributed by atoms with Gasteiger partial charge < -0.3 is 11.1 Å². The highest BCUT2D eigenvalue weighted by Crippen LogP contribution is 1.95. The van der Waals surface area contributed by atoms with Gasteiger partial charge in [0.05, 0.1) is 5.75 Å². The van der Waals surface area contributed by atoms with Gasteiger partial charge in [-0.05, 0) is 5.92 Å². The van der Waals surface area contributed by atoms with Gasteiger partial charge in [-0.2, -0.15) is 0 Å². The molecule has 0 aromatic rings. The first-order valence-corrected chi connectivity index (χ1v) is 5.87. The fraction of sp³-hybridized carbons (Fsp3) is 0.700. The van der Waals surface area contributed by atoms with Crippen molar-refractivity contribution in [3.8, 4) is 12.3 Å². The molecule has 14 heavy (non-hydrogen) atoms. The molecule has 0 aliphatic carbocycles. The maximum absolute atomic E-state index is 5.63. The molecule has 0 saturated heterocycles. The zero-order valence-electron chi connectivity index (χ0n) is 8.92. The molecule has 4 heteroatoms. The summed E-state index contributed by atoms with van der Waals surface area (Å²) in [6, 6.07) is 0. The van der Waals surface area contributed by atoms with Crippen LogP contribution in [0.25, 0.3) is 0 Å². The number of hydrogen-bond acceptors (Lipinski definition) is 2. The summed E-state index contributed by atoms with van der Waals surface area (Å²) in [6.07, 6.45) is 5.11. The van der Waals surface area contributed by atoms with Gasteiger partial charge in [0.15, 0.2) is 5.96 Å². The van der Waals surface area contributed by atoms with Gasteiger partial charge in [-0.25, -0.2) is 0 Å². The van der Waals surface area contributed by atoms with Gasteiger partial charge in [-0.3, -0.25) is 4.99 Å². The number of thioether (sulfide) groups is 1. The van der Waals surface area contributed by atoms with Crippen LogP contribution in [-0.2, 0) is 0 Å². The minimum Gasteiger partial charge on any atom is -0.370 e. The molecule has 0 rings (SSSR count). The van der Waals surface area contributed by atoms with Gasteiger partial charge in [-0.1, -0.05) is 19.8 Å². The second kappa shape index (κ2) is 8.76. The van der Waals surface area contributed by atoms with Crippen molar-refractivity contribution in [3.63, 3.8) is 0 Å². The Kier molecular flexibility index (Phi) is 8.25. The minimum atomic E-state index is 0.528. The average Bonchev–Trinajstić information content (AvgIpc) is 2.14. The van der Waals surface area contributed by atoms with E-state index < -0.39 is 0 Å². The van der Waals surface area contributed by atoms with E-state index in [4.69, 9.17) is 12.2 Å². The Morgan fingerprint density at radius 1 is 1.64 bits per heavy atom. The molecule has 0 aromatic carbocycles. The van der Waals surface area contributed by atoms with Crippen molar-refractivity contribution in [2.75, 3.05) is 24.6 Å². The number of guanidine groups is 1. The summed E-state index contributed by atoms with van der Waals surface area (Å²) in [5, 5.41) is 3.04. The lowest BCUT2D eigenvalue weighted by Gasteiger charge is -2.05. The number of rotatable bonds is 6. The van der Waals surface area contributed by atoms with Gasteiger partial charge in [-0.15, -0.1) is 18.2 Å². The number of nitrogens with zero attached hydrogens (tertiary/aromatic N) is 1. The lowest BCUT2D eigenvalue weighted by molar-refractivity contribution is 0.662. The van der Waals surface area contributed by atoms with Crippen LogP contribution in [0.15, 0.2) is 4.99 Å². The largest absolute Gasteiger partial charge is 0.370 e. The van der Waals surface area contributed by atoms with Crippen LogP contribution in [0.1, 0.15) is 13.8 Å². The van der Waals surface area contributed by atoms with Crippen molar-refractivity contribution in [1.82, 2.24) is 5.32 Å². The molecular formula is C10H19N3S. The smallest absolute Gasteiger partial charge is 0.188 e. The van der Waals surface area contributed by atoms with E-state index >= 15 is 0 Å². The highest BCUT2D eigenvalue weighted by Gasteiger charge is 1.93. The van der Waals surface area contributed by atoms with E-state index in [1.165, 1.54) is 0 Å². The van der Waals surface area contributed by atoms with Crippen LogP contribution < -0.4 is 11.1 Å². The first kappa shape index (κ1) is 13.2. The second-order valence-electron chi connectivity index (χ2n) is 3.30. The normalized spacial score (nSPS) is 11.4. The lowest BCUT2D eigenvalue weighted by Crippen LogP contribution is -2.33. The summed E-state index contributed by atoms with van der Waals surface area (Å²) >= 11 is 1.71. The van der Waals surface area contributed by atoms with E-state index in [9.17, 15) is 0 Å². The Morgan fingerprint density at radius 3 is 2.93 bits per heavy atom. The Bertz CT molecular complexity index is 206. The van der Waals surface area contributed by atoms with Crippen LogP contribution in [0.4, 0.5) is 0 Å². The van der Waals surface area contributed by atoms with Crippen LogP contribution in [0.3, 0.4) is 0 Å². The van der Waals surface area contributed by atoms with Crippen LogP contribution in [0.5, 0.6) is 0 Å². The molecule has 0 aliphatic rings. The number of aliphatic imine (C=N–C) groups is 1. The quantitative estimate of drug-likeness (QED) is 0.298. The highest BCUT2D eigenvalue weighted by atomic mass is 32.2. The van der Waals surface area contributed by atoms with Crippen LogP contribution >= 0.6 is 11.8 Å². The Balaban J connectivity index is 3.39. The minimum absolute atomic E-state index is 0.528. The van der Waals surface area contributed by atoms with Crippen LogP contribution in [-0.4, -0.2) is 30.6 Å². The summed E-state index contributed by atoms with van der Waals surface area (Å²) in [5.41, 5.74) is 5.63. The molecule has 0 atom stereocenters. The van der Waals surface area contributed by atoms with Crippen molar-refractivity contribution in [1.29, 1.82) is 0 Å². The molecule has 0 bridgehead atoms. The summed E-state index contributed by atoms with van der Waals surface area (Å²) < 4.78 is 0. The van der Waals surface area contributed by atoms with Crippen molar-refractivity contribution in [3.05, 3.63) is 0 Å². The Labute approximate surface area is 90.9 Å². The maximum Gasteiger partial charge on any atom is 0.188 e. The van der Waals surface area contributed by atoms with Gasteiger partial charge in [0.25, 0.3) is 0 Å². The monoisotopic (exact) mass is 213 g/mol. The molecular weight excluding hydrogens is 194 g/mol. The lowest BCUT2D eigenvalue weighted by atomic mass is 10.2. The van der Waals surface area contributed by atoms with Crippen LogP contribution in [0.2, 0.25) is 0 Å². The van der Waals surface area contributed by atoms with E-state index in [1.54, 1.807) is 11.8 Å². The SMILES string of the molecule is C#CCSCCNC(N)=NCC(C)C.